The van der Waals surface area contributed by atoms with Crippen molar-refractivity contribution in [2.45, 2.75) is 64.4 Å². The van der Waals surface area contributed by atoms with Gasteiger partial charge in [-0.3, -0.25) is 0 Å². The summed E-state index contributed by atoms with van der Waals surface area (Å²) >= 11 is 0. The molecule has 0 aliphatic heterocycles. The predicted molar refractivity (Wildman–Crippen MR) is 82.9 cm³/mol. The van der Waals surface area contributed by atoms with E-state index in [1.54, 1.807) is 0 Å². The van der Waals surface area contributed by atoms with Crippen LogP contribution in [0, 0.1) is 0 Å². The molecule has 0 bridgehead atoms. The first kappa shape index (κ1) is 15.5. The van der Waals surface area contributed by atoms with Crippen molar-refractivity contribution in [2.75, 3.05) is 0 Å². The normalized spacial score (nSPS) is 14.6. The van der Waals surface area contributed by atoms with Gasteiger partial charge in [0.2, 0.25) is 0 Å². The molecule has 0 aliphatic carbocycles. The number of aliphatic hydroxyl groups excluding tert-OH is 1. The minimum absolute atomic E-state index is 0.182. The minimum Gasteiger partial charge on any atom is -0.388 e. The highest BCUT2D eigenvalue weighted by Gasteiger charge is 2.17. The molecule has 1 nitrogen and oxygen atoms in total. The molecular weight excluding hydrogens is 236 g/mol. The van der Waals surface area contributed by atoms with Crippen LogP contribution in [0.4, 0.5) is 0 Å². The van der Waals surface area contributed by atoms with Crippen LogP contribution >= 0.6 is 0 Å². The molecule has 0 spiro atoms. The van der Waals surface area contributed by atoms with E-state index in [2.05, 4.69) is 64.7 Å². The van der Waals surface area contributed by atoms with Crippen molar-refractivity contribution in [3.8, 4) is 0 Å². The van der Waals surface area contributed by atoms with Crippen LogP contribution in [0.5, 0.6) is 0 Å². The zero-order valence-corrected chi connectivity index (χ0v) is 13.7. The van der Waals surface area contributed by atoms with E-state index in [-0.39, 0.29) is 11.5 Å². The highest BCUT2D eigenvalue weighted by atomic mass is 28.3. The molecule has 1 atom stereocenters. The Morgan fingerprint density at radius 2 is 1.56 bits per heavy atom. The van der Waals surface area contributed by atoms with Gasteiger partial charge in [-0.1, -0.05) is 70.7 Å². The molecule has 1 unspecified atom stereocenters. The molecule has 18 heavy (non-hydrogen) atoms. The van der Waals surface area contributed by atoms with Crippen LogP contribution in [-0.4, -0.2) is 13.2 Å². The largest absolute Gasteiger partial charge is 0.388 e. The first-order valence-corrected chi connectivity index (χ1v) is 10.6. The van der Waals surface area contributed by atoms with E-state index in [1.165, 1.54) is 11.6 Å². The lowest BCUT2D eigenvalue weighted by atomic mass is 9.86. The van der Waals surface area contributed by atoms with E-state index in [9.17, 15) is 5.11 Å². The van der Waals surface area contributed by atoms with E-state index < -0.39 is 8.07 Å². The van der Waals surface area contributed by atoms with Crippen molar-refractivity contribution >= 4 is 8.07 Å². The Bertz CT molecular complexity index is 368. The molecule has 2 heteroatoms. The second-order valence-electron chi connectivity index (χ2n) is 7.49. The van der Waals surface area contributed by atoms with E-state index in [1.807, 2.05) is 0 Å². The van der Waals surface area contributed by atoms with Gasteiger partial charge >= 0.3 is 0 Å². The maximum atomic E-state index is 10.2. The van der Waals surface area contributed by atoms with Gasteiger partial charge in [0, 0.05) is 8.07 Å². The maximum Gasteiger partial charge on any atom is 0.0787 e. The highest BCUT2D eigenvalue weighted by Crippen LogP contribution is 2.26. The molecular formula is C16H28OSi. The number of aliphatic hydroxyl groups is 1. The van der Waals surface area contributed by atoms with Crippen LogP contribution in [0.25, 0.3) is 0 Å². The lowest BCUT2D eigenvalue weighted by molar-refractivity contribution is 0.173. The van der Waals surface area contributed by atoms with Crippen LogP contribution in [-0.2, 0) is 5.41 Å². The molecule has 1 aromatic carbocycles. The third-order valence-corrected chi connectivity index (χ3v) is 5.12. The molecule has 0 saturated heterocycles. The summed E-state index contributed by atoms with van der Waals surface area (Å²) in [6.07, 6.45) is 0.593. The zero-order valence-electron chi connectivity index (χ0n) is 12.7. The van der Waals surface area contributed by atoms with Crippen molar-refractivity contribution in [2.24, 2.45) is 0 Å². The van der Waals surface area contributed by atoms with Gasteiger partial charge in [-0.15, -0.1) is 0 Å². The first-order valence-electron chi connectivity index (χ1n) is 6.88. The molecule has 0 radical (unpaired) electrons. The van der Waals surface area contributed by atoms with Gasteiger partial charge in [0.05, 0.1) is 6.10 Å². The van der Waals surface area contributed by atoms with Crippen molar-refractivity contribution in [3.63, 3.8) is 0 Å². The molecule has 1 rings (SSSR count). The molecule has 0 amide bonds. The minimum atomic E-state index is -1.05. The molecule has 0 heterocycles. The number of benzene rings is 1. The van der Waals surface area contributed by atoms with E-state index in [0.29, 0.717) is 0 Å². The fourth-order valence-electron chi connectivity index (χ4n) is 1.94. The van der Waals surface area contributed by atoms with Gasteiger partial charge in [-0.25, -0.2) is 0 Å². The molecule has 0 saturated carbocycles. The van der Waals surface area contributed by atoms with Gasteiger partial charge in [-0.05, 0) is 23.0 Å². The monoisotopic (exact) mass is 264 g/mol. The van der Waals surface area contributed by atoms with Gasteiger partial charge in [-0.2, -0.15) is 0 Å². The van der Waals surface area contributed by atoms with Crippen LogP contribution in [0.3, 0.4) is 0 Å². The van der Waals surface area contributed by atoms with E-state index in [4.69, 9.17) is 0 Å². The average molecular weight is 264 g/mol. The summed E-state index contributed by atoms with van der Waals surface area (Å²) < 4.78 is 0. The highest BCUT2D eigenvalue weighted by molar-refractivity contribution is 6.76. The number of hydrogen-bond acceptors (Lipinski definition) is 1. The van der Waals surface area contributed by atoms with Crippen LogP contribution in [0.2, 0.25) is 25.7 Å². The third-order valence-electron chi connectivity index (χ3n) is 3.33. The summed E-state index contributed by atoms with van der Waals surface area (Å²) in [5.41, 5.74) is 2.56. The fraction of sp³-hybridized carbons (Fsp3) is 0.625. The summed E-state index contributed by atoms with van der Waals surface area (Å²) in [5.74, 6) is 0. The van der Waals surface area contributed by atoms with E-state index >= 15 is 0 Å². The molecule has 1 N–H and O–H groups in total. The Morgan fingerprint density at radius 1 is 1.06 bits per heavy atom. The van der Waals surface area contributed by atoms with Gasteiger partial charge in [0.15, 0.2) is 0 Å². The summed E-state index contributed by atoms with van der Waals surface area (Å²) in [7, 11) is -1.05. The Kier molecular flexibility index (Phi) is 4.79. The Hall–Kier alpha value is -0.603. The van der Waals surface area contributed by atoms with Gasteiger partial charge in [0.25, 0.3) is 0 Å². The van der Waals surface area contributed by atoms with Crippen LogP contribution < -0.4 is 0 Å². The van der Waals surface area contributed by atoms with E-state index in [0.717, 1.165) is 12.0 Å². The summed E-state index contributed by atoms with van der Waals surface area (Å²) in [4.78, 5) is 0. The average Bonchev–Trinajstić information content (AvgIpc) is 2.24. The SMILES string of the molecule is CC(C)(C)c1ccc(C(O)CC[Si](C)(C)C)cc1. The van der Waals surface area contributed by atoms with Crippen molar-refractivity contribution < 1.29 is 5.11 Å². The Balaban J connectivity index is 2.68. The third kappa shape index (κ3) is 4.95. The fourth-order valence-corrected chi connectivity index (χ4v) is 3.08. The Labute approximate surface area is 113 Å². The van der Waals surface area contributed by atoms with Crippen LogP contribution in [0.1, 0.15) is 44.4 Å². The molecule has 0 fully saturated rings. The summed E-state index contributed by atoms with van der Waals surface area (Å²) in [6.45, 7) is 13.7. The maximum absolute atomic E-state index is 10.2. The smallest absolute Gasteiger partial charge is 0.0787 e. The lowest BCUT2D eigenvalue weighted by Crippen LogP contribution is -2.20. The zero-order chi connectivity index (χ0) is 14.0. The lowest BCUT2D eigenvalue weighted by Gasteiger charge is -2.21. The second-order valence-corrected chi connectivity index (χ2v) is 13.1. The molecule has 0 aromatic heterocycles. The van der Waals surface area contributed by atoms with Gasteiger partial charge in [0.1, 0.15) is 0 Å². The predicted octanol–water partition coefficient (Wildman–Crippen LogP) is 4.75. The van der Waals surface area contributed by atoms with Gasteiger partial charge < -0.3 is 5.11 Å². The summed E-state index contributed by atoms with van der Waals surface area (Å²) in [6, 6.07) is 9.63. The standard InChI is InChI=1S/C16H28OSi/c1-16(2,3)14-9-7-13(8-10-14)15(17)11-12-18(4,5)6/h7-10,15,17H,11-12H2,1-6H3. The van der Waals surface area contributed by atoms with Crippen molar-refractivity contribution in [1.29, 1.82) is 0 Å². The summed E-state index contributed by atoms with van der Waals surface area (Å²) in [5, 5.41) is 10.2. The van der Waals surface area contributed by atoms with Crippen molar-refractivity contribution in [3.05, 3.63) is 35.4 Å². The molecule has 0 aliphatic rings. The van der Waals surface area contributed by atoms with Crippen LogP contribution in [0.15, 0.2) is 24.3 Å². The number of hydrogen-bond donors (Lipinski definition) is 1. The molecule has 102 valence electrons. The quantitative estimate of drug-likeness (QED) is 0.778. The second kappa shape index (κ2) is 5.58. The van der Waals surface area contributed by atoms with Crippen molar-refractivity contribution in [1.82, 2.24) is 0 Å². The number of rotatable bonds is 4. The Morgan fingerprint density at radius 3 is 1.94 bits per heavy atom. The topological polar surface area (TPSA) is 20.2 Å². The molecule has 1 aromatic rings. The first-order chi connectivity index (χ1) is 8.09.